The van der Waals surface area contributed by atoms with Gasteiger partial charge in [0.2, 0.25) is 0 Å². The lowest BCUT2D eigenvalue weighted by Gasteiger charge is -2.20. The van der Waals surface area contributed by atoms with E-state index in [9.17, 15) is 0 Å². The Morgan fingerprint density at radius 1 is 1.21 bits per heavy atom. The smallest absolute Gasteiger partial charge is 0.0724 e. The Morgan fingerprint density at radius 2 is 2.00 bits per heavy atom. The van der Waals surface area contributed by atoms with Gasteiger partial charge in [0.05, 0.1) is 6.10 Å². The summed E-state index contributed by atoms with van der Waals surface area (Å²) in [6, 6.07) is 9.23. The minimum absolute atomic E-state index is 0.393. The molecule has 1 fully saturated rings. The van der Waals surface area contributed by atoms with Gasteiger partial charge >= 0.3 is 0 Å². The van der Waals surface area contributed by atoms with E-state index >= 15 is 0 Å². The zero-order valence-corrected chi connectivity index (χ0v) is 12.1. The van der Waals surface area contributed by atoms with Crippen LogP contribution in [0, 0.1) is 0 Å². The maximum absolute atomic E-state index is 5.53. The second kappa shape index (κ2) is 7.63. The van der Waals surface area contributed by atoms with Gasteiger partial charge in [0.15, 0.2) is 0 Å². The topological polar surface area (TPSA) is 33.3 Å². The number of nitrogens with one attached hydrogen (secondary N) is 2. The van der Waals surface area contributed by atoms with Crippen molar-refractivity contribution in [1.29, 1.82) is 0 Å². The highest BCUT2D eigenvalue weighted by Crippen LogP contribution is 2.22. The van der Waals surface area contributed by atoms with Crippen LogP contribution < -0.4 is 10.6 Å². The van der Waals surface area contributed by atoms with Crippen molar-refractivity contribution in [3.8, 4) is 0 Å². The van der Waals surface area contributed by atoms with Gasteiger partial charge in [0.25, 0.3) is 0 Å². The highest BCUT2D eigenvalue weighted by Gasteiger charge is 2.26. The van der Waals surface area contributed by atoms with Crippen molar-refractivity contribution in [2.75, 3.05) is 20.7 Å². The SMILES string of the molecule is CNCCc1ccccc1CNC1CCCC1OC. The third kappa shape index (κ3) is 4.03. The van der Waals surface area contributed by atoms with E-state index in [4.69, 9.17) is 4.74 Å². The molecule has 3 nitrogen and oxygen atoms in total. The van der Waals surface area contributed by atoms with E-state index in [1.165, 1.54) is 30.4 Å². The number of benzene rings is 1. The van der Waals surface area contributed by atoms with Gasteiger partial charge in [-0.05, 0) is 50.4 Å². The Hall–Kier alpha value is -0.900. The quantitative estimate of drug-likeness (QED) is 0.789. The minimum atomic E-state index is 0.393. The Kier molecular flexibility index (Phi) is 5.83. The molecule has 2 atom stereocenters. The van der Waals surface area contributed by atoms with Crippen LogP contribution in [0.4, 0.5) is 0 Å². The maximum atomic E-state index is 5.53. The van der Waals surface area contributed by atoms with E-state index < -0.39 is 0 Å². The molecule has 0 spiro atoms. The van der Waals surface area contributed by atoms with Crippen molar-refractivity contribution in [3.05, 3.63) is 35.4 Å². The summed E-state index contributed by atoms with van der Waals surface area (Å²) in [5.74, 6) is 0. The van der Waals surface area contributed by atoms with Crippen LogP contribution in [0.3, 0.4) is 0 Å². The summed E-state index contributed by atoms with van der Waals surface area (Å²) in [7, 11) is 3.83. The fourth-order valence-corrected chi connectivity index (χ4v) is 2.92. The second-order valence-corrected chi connectivity index (χ2v) is 5.31. The molecule has 1 saturated carbocycles. The van der Waals surface area contributed by atoms with Crippen LogP contribution in [0.15, 0.2) is 24.3 Å². The molecule has 2 unspecified atom stereocenters. The third-order valence-corrected chi connectivity index (χ3v) is 4.07. The summed E-state index contributed by atoms with van der Waals surface area (Å²) < 4.78 is 5.53. The predicted molar refractivity (Wildman–Crippen MR) is 79.3 cm³/mol. The molecule has 1 aromatic carbocycles. The summed E-state index contributed by atoms with van der Waals surface area (Å²) >= 11 is 0. The lowest BCUT2D eigenvalue weighted by Crippen LogP contribution is -2.36. The zero-order chi connectivity index (χ0) is 13.5. The number of ether oxygens (including phenoxy) is 1. The average Bonchev–Trinajstić information content (AvgIpc) is 2.91. The molecule has 0 amide bonds. The van der Waals surface area contributed by atoms with Crippen LogP contribution in [0.25, 0.3) is 0 Å². The fraction of sp³-hybridized carbons (Fsp3) is 0.625. The molecule has 106 valence electrons. The molecular weight excluding hydrogens is 236 g/mol. The highest BCUT2D eigenvalue weighted by atomic mass is 16.5. The molecule has 0 heterocycles. The maximum Gasteiger partial charge on any atom is 0.0724 e. The largest absolute Gasteiger partial charge is 0.380 e. The van der Waals surface area contributed by atoms with Crippen molar-refractivity contribution >= 4 is 0 Å². The number of hydrogen-bond donors (Lipinski definition) is 2. The van der Waals surface area contributed by atoms with E-state index in [-0.39, 0.29) is 0 Å². The molecule has 19 heavy (non-hydrogen) atoms. The van der Waals surface area contributed by atoms with Crippen molar-refractivity contribution in [3.63, 3.8) is 0 Å². The fourth-order valence-electron chi connectivity index (χ4n) is 2.92. The van der Waals surface area contributed by atoms with Crippen molar-refractivity contribution < 1.29 is 4.74 Å². The monoisotopic (exact) mass is 262 g/mol. The lowest BCUT2D eigenvalue weighted by atomic mass is 10.0. The summed E-state index contributed by atoms with van der Waals surface area (Å²) in [4.78, 5) is 0. The molecule has 0 radical (unpaired) electrons. The Morgan fingerprint density at radius 3 is 2.74 bits per heavy atom. The third-order valence-electron chi connectivity index (χ3n) is 4.07. The Balaban J connectivity index is 1.91. The summed E-state index contributed by atoms with van der Waals surface area (Å²) in [5, 5.41) is 6.89. The van der Waals surface area contributed by atoms with Crippen molar-refractivity contribution in [2.45, 2.75) is 44.4 Å². The molecule has 2 N–H and O–H groups in total. The van der Waals surface area contributed by atoms with Crippen LogP contribution in [-0.2, 0) is 17.7 Å². The van der Waals surface area contributed by atoms with E-state index in [1.807, 2.05) is 14.2 Å². The van der Waals surface area contributed by atoms with Crippen LogP contribution in [0.2, 0.25) is 0 Å². The van der Waals surface area contributed by atoms with Gasteiger partial charge in [-0.3, -0.25) is 0 Å². The molecule has 1 aliphatic rings. The summed E-state index contributed by atoms with van der Waals surface area (Å²) in [5.41, 5.74) is 2.86. The van der Waals surface area contributed by atoms with Crippen LogP contribution >= 0.6 is 0 Å². The molecule has 1 aromatic rings. The first kappa shape index (κ1) is 14.5. The number of hydrogen-bond acceptors (Lipinski definition) is 3. The first-order valence-electron chi connectivity index (χ1n) is 7.32. The molecule has 0 bridgehead atoms. The van der Waals surface area contributed by atoms with E-state index in [2.05, 4.69) is 34.9 Å². The van der Waals surface area contributed by atoms with Gasteiger partial charge in [-0.1, -0.05) is 24.3 Å². The molecule has 0 aliphatic heterocycles. The van der Waals surface area contributed by atoms with Crippen LogP contribution in [-0.4, -0.2) is 32.8 Å². The van der Waals surface area contributed by atoms with Crippen molar-refractivity contribution in [1.82, 2.24) is 10.6 Å². The lowest BCUT2D eigenvalue weighted by molar-refractivity contribution is 0.0847. The van der Waals surface area contributed by atoms with Crippen LogP contribution in [0.5, 0.6) is 0 Å². The van der Waals surface area contributed by atoms with E-state index in [0.29, 0.717) is 12.1 Å². The van der Waals surface area contributed by atoms with Crippen LogP contribution in [0.1, 0.15) is 30.4 Å². The number of likely N-dealkylation sites (N-methyl/N-ethyl adjacent to an activating group) is 1. The number of methoxy groups -OCH3 is 1. The molecule has 0 saturated heterocycles. The predicted octanol–water partition coefficient (Wildman–Crippen LogP) is 2.11. The van der Waals surface area contributed by atoms with Crippen molar-refractivity contribution in [2.24, 2.45) is 0 Å². The van der Waals surface area contributed by atoms with Gasteiger partial charge in [0.1, 0.15) is 0 Å². The van der Waals surface area contributed by atoms with Gasteiger partial charge < -0.3 is 15.4 Å². The first-order chi connectivity index (χ1) is 9.35. The number of rotatable bonds is 7. The standard InChI is InChI=1S/C16H26N2O/c1-17-11-10-13-6-3-4-7-14(13)12-18-15-8-5-9-16(15)19-2/h3-4,6-7,15-18H,5,8-12H2,1-2H3. The first-order valence-corrected chi connectivity index (χ1v) is 7.32. The van der Waals surface area contributed by atoms with Gasteiger partial charge in [-0.15, -0.1) is 0 Å². The molecule has 2 rings (SSSR count). The highest BCUT2D eigenvalue weighted by molar-refractivity contribution is 5.27. The normalized spacial score (nSPS) is 22.8. The summed E-state index contributed by atoms with van der Waals surface area (Å²) in [6.07, 6.45) is 5.18. The minimum Gasteiger partial charge on any atom is -0.380 e. The van der Waals surface area contributed by atoms with Gasteiger partial charge in [-0.25, -0.2) is 0 Å². The van der Waals surface area contributed by atoms with E-state index in [0.717, 1.165) is 19.5 Å². The second-order valence-electron chi connectivity index (χ2n) is 5.31. The van der Waals surface area contributed by atoms with Gasteiger partial charge in [0, 0.05) is 19.7 Å². The zero-order valence-electron chi connectivity index (χ0n) is 12.1. The molecule has 0 aromatic heterocycles. The Bertz CT molecular complexity index is 381. The summed E-state index contributed by atoms with van der Waals surface area (Å²) in [6.45, 7) is 1.98. The molecule has 1 aliphatic carbocycles. The Labute approximate surface area is 116 Å². The average molecular weight is 262 g/mol. The molecule has 3 heteroatoms. The van der Waals surface area contributed by atoms with E-state index in [1.54, 1.807) is 0 Å². The molecular formula is C16H26N2O. The van der Waals surface area contributed by atoms with Gasteiger partial charge in [-0.2, -0.15) is 0 Å².